The Hall–Kier alpha value is -0.860. The summed E-state index contributed by atoms with van der Waals surface area (Å²) in [5.41, 5.74) is 0. The first-order chi connectivity index (χ1) is 8.31. The molecule has 0 fully saturated rings. The molecule has 0 saturated carbocycles. The minimum absolute atomic E-state index is 0.177. The number of hydrogen-bond acceptors (Lipinski definition) is 2. The van der Waals surface area contributed by atoms with Gasteiger partial charge in [-0.1, -0.05) is 51.5 Å². The third-order valence-electron chi connectivity index (χ3n) is 2.69. The van der Waals surface area contributed by atoms with E-state index in [1.54, 1.807) is 0 Å². The van der Waals surface area contributed by atoms with Crippen LogP contribution in [-0.4, -0.2) is 19.3 Å². The van der Waals surface area contributed by atoms with E-state index in [4.69, 9.17) is 4.74 Å². The molecule has 0 unspecified atom stereocenters. The summed E-state index contributed by atoms with van der Waals surface area (Å²) in [7, 11) is 0. The van der Waals surface area contributed by atoms with E-state index in [-0.39, 0.29) is 12.6 Å². The van der Waals surface area contributed by atoms with Gasteiger partial charge in [-0.2, -0.15) is 0 Å². The highest BCUT2D eigenvalue weighted by Crippen LogP contribution is 2.09. The molecular weight excluding hydrogens is 219 g/mol. The fourth-order valence-corrected chi connectivity index (χ4v) is 1.67. The molecule has 0 aliphatic rings. The molecule has 0 aliphatic carbocycles. The van der Waals surface area contributed by atoms with Crippen LogP contribution in [0.5, 0.6) is 0 Å². The average molecular weight is 244 g/mol. The number of hydrogen-bond donors (Lipinski definition) is 0. The molecule has 0 atom stereocenters. The third-order valence-corrected chi connectivity index (χ3v) is 2.69. The summed E-state index contributed by atoms with van der Waals surface area (Å²) in [5.74, 6) is -0.335. The molecule has 0 saturated heterocycles. The summed E-state index contributed by atoms with van der Waals surface area (Å²) >= 11 is 0. The zero-order chi connectivity index (χ0) is 12.8. The maximum atomic E-state index is 11.8. The Labute approximate surface area is 104 Å². The van der Waals surface area contributed by atoms with Crippen LogP contribution in [0.15, 0.2) is 12.7 Å². The van der Waals surface area contributed by atoms with Crippen molar-refractivity contribution in [1.82, 2.24) is 0 Å². The summed E-state index contributed by atoms with van der Waals surface area (Å²) in [6.45, 7) is 3.66. The van der Waals surface area contributed by atoms with Crippen LogP contribution in [0.2, 0.25) is 0 Å². The highest BCUT2D eigenvalue weighted by molar-refractivity contribution is 5.81. The van der Waals surface area contributed by atoms with Gasteiger partial charge in [-0.05, 0) is 12.8 Å². The maximum Gasteiger partial charge on any atom is 0.330 e. The van der Waals surface area contributed by atoms with Crippen molar-refractivity contribution in [3.05, 3.63) is 12.7 Å². The second-order valence-corrected chi connectivity index (χ2v) is 4.24. The molecule has 0 rings (SSSR count). The molecule has 3 heteroatoms. The van der Waals surface area contributed by atoms with Crippen molar-refractivity contribution in [3.63, 3.8) is 0 Å². The van der Waals surface area contributed by atoms with E-state index in [0.29, 0.717) is 13.0 Å². The minimum atomic E-state index is -0.335. The Morgan fingerprint density at radius 1 is 0.941 bits per heavy atom. The first kappa shape index (κ1) is 16.1. The fraction of sp³-hybridized carbons (Fsp3) is 0.786. The van der Waals surface area contributed by atoms with Crippen molar-refractivity contribution < 1.29 is 13.9 Å². The van der Waals surface area contributed by atoms with Crippen LogP contribution in [-0.2, 0) is 9.53 Å². The zero-order valence-electron chi connectivity index (χ0n) is 10.8. The Balaban J connectivity index is 2.98. The summed E-state index contributed by atoms with van der Waals surface area (Å²) in [6.07, 6.45) is 11.0. The first-order valence-corrected chi connectivity index (χ1v) is 6.66. The van der Waals surface area contributed by atoms with Crippen LogP contribution in [0.1, 0.15) is 57.8 Å². The van der Waals surface area contributed by atoms with Gasteiger partial charge in [-0.15, -0.1) is 0 Å². The lowest BCUT2D eigenvalue weighted by Gasteiger charge is -2.02. The van der Waals surface area contributed by atoms with Crippen molar-refractivity contribution in [2.24, 2.45) is 0 Å². The Kier molecular flexibility index (Phi) is 12.5. The van der Waals surface area contributed by atoms with Crippen LogP contribution < -0.4 is 0 Å². The van der Waals surface area contributed by atoms with Gasteiger partial charge < -0.3 is 4.74 Å². The van der Waals surface area contributed by atoms with Gasteiger partial charge in [0.25, 0.3) is 0 Å². The normalized spacial score (nSPS) is 10.2. The lowest BCUT2D eigenvalue weighted by molar-refractivity contribution is -0.137. The first-order valence-electron chi connectivity index (χ1n) is 6.66. The van der Waals surface area contributed by atoms with Crippen molar-refractivity contribution in [3.8, 4) is 0 Å². The third kappa shape index (κ3) is 13.1. The van der Waals surface area contributed by atoms with E-state index in [0.717, 1.165) is 25.7 Å². The molecule has 0 aromatic carbocycles. The number of unbranched alkanes of at least 4 members (excludes halogenated alkanes) is 8. The van der Waals surface area contributed by atoms with E-state index in [2.05, 4.69) is 6.58 Å². The predicted molar refractivity (Wildman–Crippen MR) is 68.7 cm³/mol. The zero-order valence-corrected chi connectivity index (χ0v) is 10.8. The quantitative estimate of drug-likeness (QED) is 0.292. The van der Waals surface area contributed by atoms with Crippen LogP contribution in [0.3, 0.4) is 0 Å². The Morgan fingerprint density at radius 3 is 1.88 bits per heavy atom. The molecule has 0 spiro atoms. The van der Waals surface area contributed by atoms with Gasteiger partial charge in [-0.25, -0.2) is 4.79 Å². The molecule has 0 radical (unpaired) electrons. The van der Waals surface area contributed by atoms with E-state index in [1.165, 1.54) is 31.8 Å². The van der Waals surface area contributed by atoms with Gasteiger partial charge in [0.05, 0.1) is 13.3 Å². The minimum Gasteiger partial charge on any atom is -0.463 e. The molecule has 0 heterocycles. The van der Waals surface area contributed by atoms with Crippen molar-refractivity contribution in [2.75, 3.05) is 13.3 Å². The smallest absolute Gasteiger partial charge is 0.330 e. The number of esters is 1. The molecule has 17 heavy (non-hydrogen) atoms. The molecule has 2 nitrogen and oxygen atoms in total. The topological polar surface area (TPSA) is 26.3 Å². The highest BCUT2D eigenvalue weighted by Gasteiger charge is 1.95. The van der Waals surface area contributed by atoms with Crippen LogP contribution in [0, 0.1) is 0 Å². The van der Waals surface area contributed by atoms with Crippen LogP contribution in [0.25, 0.3) is 0 Å². The van der Waals surface area contributed by atoms with Gasteiger partial charge >= 0.3 is 5.97 Å². The molecule has 0 aromatic heterocycles. The molecule has 0 amide bonds. The van der Waals surface area contributed by atoms with Crippen LogP contribution in [0.4, 0.5) is 4.39 Å². The lowest BCUT2D eigenvalue weighted by atomic mass is 10.1. The monoisotopic (exact) mass is 244 g/mol. The summed E-state index contributed by atoms with van der Waals surface area (Å²) < 4.78 is 16.7. The van der Waals surface area contributed by atoms with E-state index in [9.17, 15) is 9.18 Å². The van der Waals surface area contributed by atoms with E-state index >= 15 is 0 Å². The second-order valence-electron chi connectivity index (χ2n) is 4.24. The Morgan fingerprint density at radius 2 is 1.41 bits per heavy atom. The van der Waals surface area contributed by atoms with E-state index in [1.807, 2.05) is 0 Å². The molecule has 100 valence electrons. The number of ether oxygens (including phenoxy) is 1. The standard InChI is InChI=1S/C14H25FO2/c1-2-14(16)17-13-11-9-7-5-3-4-6-8-10-12-15/h2H,1,3-13H2. The molecular formula is C14H25FO2. The van der Waals surface area contributed by atoms with Crippen LogP contribution >= 0.6 is 0 Å². The maximum absolute atomic E-state index is 11.8. The van der Waals surface area contributed by atoms with Crippen molar-refractivity contribution in [2.45, 2.75) is 57.8 Å². The Bertz CT molecular complexity index is 193. The SMILES string of the molecule is C=CC(=O)OCCCCCCCCCCCF. The predicted octanol–water partition coefficient (Wildman–Crippen LogP) is 4.20. The second kappa shape index (κ2) is 13.2. The molecule has 0 N–H and O–H groups in total. The number of rotatable bonds is 12. The van der Waals surface area contributed by atoms with Gasteiger partial charge in [0, 0.05) is 6.08 Å². The largest absolute Gasteiger partial charge is 0.463 e. The fourth-order valence-electron chi connectivity index (χ4n) is 1.67. The summed E-state index contributed by atoms with van der Waals surface area (Å²) in [4.78, 5) is 10.7. The summed E-state index contributed by atoms with van der Waals surface area (Å²) in [6, 6.07) is 0. The highest BCUT2D eigenvalue weighted by atomic mass is 19.1. The van der Waals surface area contributed by atoms with Gasteiger partial charge in [-0.3, -0.25) is 4.39 Å². The van der Waals surface area contributed by atoms with Crippen molar-refractivity contribution in [1.29, 1.82) is 0 Å². The van der Waals surface area contributed by atoms with Gasteiger partial charge in [0.1, 0.15) is 0 Å². The summed E-state index contributed by atoms with van der Waals surface area (Å²) in [5, 5.41) is 0. The number of carbonyl (C=O) groups excluding carboxylic acids is 1. The average Bonchev–Trinajstić information content (AvgIpc) is 2.35. The molecule has 0 aliphatic heterocycles. The lowest BCUT2D eigenvalue weighted by Crippen LogP contribution is -2.01. The number of halogens is 1. The molecule has 0 aromatic rings. The number of alkyl halides is 1. The van der Waals surface area contributed by atoms with E-state index < -0.39 is 0 Å². The van der Waals surface area contributed by atoms with Gasteiger partial charge in [0.15, 0.2) is 0 Å². The van der Waals surface area contributed by atoms with Gasteiger partial charge in [0.2, 0.25) is 0 Å². The number of carbonyl (C=O) groups is 1. The molecule has 0 bridgehead atoms. The van der Waals surface area contributed by atoms with Crippen molar-refractivity contribution >= 4 is 5.97 Å².